The minimum absolute atomic E-state index is 0.0959. The molecule has 1 unspecified atom stereocenters. The van der Waals surface area contributed by atoms with Crippen LogP contribution >= 0.6 is 0 Å². The van der Waals surface area contributed by atoms with Crippen LogP contribution in [0.4, 0.5) is 0 Å². The Bertz CT molecular complexity index is 242. The van der Waals surface area contributed by atoms with E-state index in [9.17, 15) is 9.59 Å². The second-order valence-electron chi connectivity index (χ2n) is 4.29. The summed E-state index contributed by atoms with van der Waals surface area (Å²) in [6.45, 7) is 8.85. The molecule has 0 rings (SSSR count). The van der Waals surface area contributed by atoms with Crippen LogP contribution in [0.2, 0.25) is 0 Å². The van der Waals surface area contributed by atoms with Gasteiger partial charge in [0.05, 0.1) is 13.2 Å². The molecule has 0 aromatic carbocycles. The third-order valence-corrected chi connectivity index (χ3v) is 2.20. The summed E-state index contributed by atoms with van der Waals surface area (Å²) in [5.41, 5.74) is 0. The molecule has 0 aliphatic rings. The molecule has 1 atom stereocenters. The van der Waals surface area contributed by atoms with E-state index in [0.29, 0.717) is 25.5 Å². The Kier molecular flexibility index (Phi) is 8.40. The summed E-state index contributed by atoms with van der Waals surface area (Å²) < 4.78 is 4.89. The molecule has 0 fully saturated rings. The van der Waals surface area contributed by atoms with Crippen LogP contribution in [0.25, 0.3) is 0 Å². The standard InChI is InChI=1S/C12H24N2O3/c1-5-10(12(16)17-6-2)13-8-11(15)14-7-9(3)4/h9-10,13H,5-8H2,1-4H3,(H,14,15). The third-order valence-electron chi connectivity index (χ3n) is 2.20. The van der Waals surface area contributed by atoms with E-state index in [1.54, 1.807) is 6.92 Å². The molecule has 0 aliphatic carbocycles. The molecule has 2 N–H and O–H groups in total. The molecule has 100 valence electrons. The van der Waals surface area contributed by atoms with Crippen LogP contribution in [0.5, 0.6) is 0 Å². The van der Waals surface area contributed by atoms with E-state index in [4.69, 9.17) is 4.74 Å². The van der Waals surface area contributed by atoms with E-state index >= 15 is 0 Å². The van der Waals surface area contributed by atoms with Gasteiger partial charge in [0.2, 0.25) is 5.91 Å². The average Bonchev–Trinajstić information content (AvgIpc) is 2.27. The lowest BCUT2D eigenvalue weighted by Crippen LogP contribution is -2.44. The maximum atomic E-state index is 11.4. The molecular formula is C12H24N2O3. The summed E-state index contributed by atoms with van der Waals surface area (Å²) in [7, 11) is 0. The number of esters is 1. The summed E-state index contributed by atoms with van der Waals surface area (Å²) >= 11 is 0. The van der Waals surface area contributed by atoms with E-state index in [0.717, 1.165) is 0 Å². The summed E-state index contributed by atoms with van der Waals surface area (Å²) in [5, 5.41) is 5.67. The van der Waals surface area contributed by atoms with Crippen LogP contribution in [0, 0.1) is 5.92 Å². The van der Waals surface area contributed by atoms with E-state index < -0.39 is 6.04 Å². The quantitative estimate of drug-likeness (QED) is 0.616. The zero-order valence-electron chi connectivity index (χ0n) is 11.2. The van der Waals surface area contributed by atoms with E-state index in [1.165, 1.54) is 0 Å². The lowest BCUT2D eigenvalue weighted by atomic mass is 10.2. The highest BCUT2D eigenvalue weighted by molar-refractivity contribution is 5.80. The number of carbonyl (C=O) groups is 2. The van der Waals surface area contributed by atoms with Crippen LogP contribution in [0.1, 0.15) is 34.1 Å². The summed E-state index contributed by atoms with van der Waals surface area (Å²) in [6.07, 6.45) is 0.607. The van der Waals surface area contributed by atoms with Crippen molar-refractivity contribution in [3.05, 3.63) is 0 Å². The van der Waals surface area contributed by atoms with Crippen molar-refractivity contribution in [2.24, 2.45) is 5.92 Å². The van der Waals surface area contributed by atoms with Crippen molar-refractivity contribution in [3.63, 3.8) is 0 Å². The summed E-state index contributed by atoms with van der Waals surface area (Å²) in [4.78, 5) is 22.9. The van der Waals surface area contributed by atoms with Crippen molar-refractivity contribution in [1.82, 2.24) is 10.6 Å². The van der Waals surface area contributed by atoms with Gasteiger partial charge in [0.1, 0.15) is 6.04 Å². The Hall–Kier alpha value is -1.10. The number of hydrogen-bond acceptors (Lipinski definition) is 4. The molecule has 0 aromatic rings. The Labute approximate surface area is 103 Å². The minimum Gasteiger partial charge on any atom is -0.465 e. The SMILES string of the molecule is CCOC(=O)C(CC)NCC(=O)NCC(C)C. The lowest BCUT2D eigenvalue weighted by molar-refractivity contribution is -0.145. The Balaban J connectivity index is 3.89. The number of ether oxygens (including phenoxy) is 1. The molecule has 0 aromatic heterocycles. The Morgan fingerprint density at radius 1 is 1.24 bits per heavy atom. The molecule has 0 aliphatic heterocycles. The summed E-state index contributed by atoms with van der Waals surface area (Å²) in [6, 6.07) is -0.403. The first-order valence-corrected chi connectivity index (χ1v) is 6.17. The van der Waals surface area contributed by atoms with E-state index in [1.807, 2.05) is 20.8 Å². The first kappa shape index (κ1) is 15.9. The maximum Gasteiger partial charge on any atom is 0.323 e. The van der Waals surface area contributed by atoms with Crippen molar-refractivity contribution in [3.8, 4) is 0 Å². The van der Waals surface area contributed by atoms with Gasteiger partial charge in [-0.05, 0) is 19.3 Å². The second kappa shape index (κ2) is 8.98. The first-order valence-electron chi connectivity index (χ1n) is 6.17. The Morgan fingerprint density at radius 2 is 1.88 bits per heavy atom. The van der Waals surface area contributed by atoms with Crippen molar-refractivity contribution < 1.29 is 14.3 Å². The highest BCUT2D eigenvalue weighted by Crippen LogP contribution is 1.94. The fourth-order valence-electron chi connectivity index (χ4n) is 1.23. The van der Waals surface area contributed by atoms with Gasteiger partial charge >= 0.3 is 5.97 Å². The maximum absolute atomic E-state index is 11.4. The molecule has 0 heterocycles. The predicted octanol–water partition coefficient (Wildman–Crippen LogP) is 0.690. The van der Waals surface area contributed by atoms with Gasteiger partial charge in [-0.15, -0.1) is 0 Å². The van der Waals surface area contributed by atoms with Crippen molar-refractivity contribution in [1.29, 1.82) is 0 Å². The van der Waals surface area contributed by atoms with Gasteiger partial charge in [-0.25, -0.2) is 0 Å². The molecule has 0 spiro atoms. The molecule has 0 saturated carbocycles. The molecule has 17 heavy (non-hydrogen) atoms. The highest BCUT2D eigenvalue weighted by Gasteiger charge is 2.17. The first-order chi connectivity index (χ1) is 8.01. The normalized spacial score (nSPS) is 12.3. The predicted molar refractivity (Wildman–Crippen MR) is 66.6 cm³/mol. The molecular weight excluding hydrogens is 220 g/mol. The smallest absolute Gasteiger partial charge is 0.323 e. The van der Waals surface area contributed by atoms with Gasteiger partial charge in [0.15, 0.2) is 0 Å². The fraction of sp³-hybridized carbons (Fsp3) is 0.833. The highest BCUT2D eigenvalue weighted by atomic mass is 16.5. The lowest BCUT2D eigenvalue weighted by Gasteiger charge is -2.15. The van der Waals surface area contributed by atoms with E-state index in [-0.39, 0.29) is 18.4 Å². The van der Waals surface area contributed by atoms with Crippen LogP contribution in [-0.2, 0) is 14.3 Å². The molecule has 0 saturated heterocycles. The number of rotatable bonds is 8. The van der Waals surface area contributed by atoms with Crippen LogP contribution in [0.3, 0.4) is 0 Å². The van der Waals surface area contributed by atoms with Gasteiger partial charge in [0, 0.05) is 6.54 Å². The number of nitrogens with one attached hydrogen (secondary N) is 2. The zero-order chi connectivity index (χ0) is 13.3. The molecule has 1 amide bonds. The van der Waals surface area contributed by atoms with Crippen molar-refractivity contribution in [2.75, 3.05) is 19.7 Å². The molecule has 0 radical (unpaired) electrons. The van der Waals surface area contributed by atoms with Crippen LogP contribution < -0.4 is 10.6 Å². The van der Waals surface area contributed by atoms with Gasteiger partial charge in [-0.3, -0.25) is 14.9 Å². The largest absolute Gasteiger partial charge is 0.465 e. The van der Waals surface area contributed by atoms with Crippen molar-refractivity contribution in [2.45, 2.75) is 40.2 Å². The molecule has 5 heteroatoms. The van der Waals surface area contributed by atoms with Crippen LogP contribution in [-0.4, -0.2) is 37.6 Å². The van der Waals surface area contributed by atoms with Crippen LogP contribution in [0.15, 0.2) is 0 Å². The zero-order valence-corrected chi connectivity index (χ0v) is 11.2. The van der Waals surface area contributed by atoms with Crippen molar-refractivity contribution >= 4 is 11.9 Å². The fourth-order valence-corrected chi connectivity index (χ4v) is 1.23. The monoisotopic (exact) mass is 244 g/mol. The number of amides is 1. The second-order valence-corrected chi connectivity index (χ2v) is 4.29. The topological polar surface area (TPSA) is 67.4 Å². The van der Waals surface area contributed by atoms with Gasteiger partial charge in [0.25, 0.3) is 0 Å². The third kappa shape index (κ3) is 7.74. The van der Waals surface area contributed by atoms with E-state index in [2.05, 4.69) is 10.6 Å². The average molecular weight is 244 g/mol. The molecule has 5 nitrogen and oxygen atoms in total. The summed E-state index contributed by atoms with van der Waals surface area (Å²) in [5.74, 6) is 0.0269. The Morgan fingerprint density at radius 3 is 2.35 bits per heavy atom. The molecule has 0 bridgehead atoms. The van der Waals surface area contributed by atoms with Gasteiger partial charge in [-0.1, -0.05) is 20.8 Å². The number of hydrogen-bond donors (Lipinski definition) is 2. The van der Waals surface area contributed by atoms with Gasteiger partial charge in [-0.2, -0.15) is 0 Å². The minimum atomic E-state index is -0.403. The van der Waals surface area contributed by atoms with Gasteiger partial charge < -0.3 is 10.1 Å². The number of carbonyl (C=O) groups excluding carboxylic acids is 2.